The molecule has 3 N–H and O–H groups in total. The lowest BCUT2D eigenvalue weighted by atomic mass is 9.86. The van der Waals surface area contributed by atoms with Crippen molar-refractivity contribution in [1.29, 1.82) is 10.5 Å². The zero-order valence-electron chi connectivity index (χ0n) is 68.0. The number of anilines is 2. The maximum absolute atomic E-state index is 13.9. The highest BCUT2D eigenvalue weighted by Gasteiger charge is 2.47. The van der Waals surface area contributed by atoms with Crippen LogP contribution in [0.15, 0.2) is 117 Å². The van der Waals surface area contributed by atoms with Crippen LogP contribution in [0, 0.1) is 22.7 Å². The number of aliphatic hydroxyl groups is 2. The predicted octanol–water partition coefficient (Wildman–Crippen LogP) is 15.1. The van der Waals surface area contributed by atoms with Crippen LogP contribution in [0.5, 0.6) is 11.5 Å². The van der Waals surface area contributed by atoms with E-state index in [2.05, 4.69) is 26.1 Å². The Morgan fingerprint density at radius 2 is 1.00 bits per heavy atom. The van der Waals surface area contributed by atoms with E-state index in [1.807, 2.05) is 53.7 Å². The molecule has 4 aromatic carbocycles. The van der Waals surface area contributed by atoms with Gasteiger partial charge in [-0.1, -0.05) is 50.8 Å². The van der Waals surface area contributed by atoms with Crippen molar-refractivity contribution in [1.82, 2.24) is 28.9 Å². The van der Waals surface area contributed by atoms with Gasteiger partial charge >= 0.3 is 24.1 Å². The van der Waals surface area contributed by atoms with E-state index < -0.39 is 47.5 Å². The molecule has 12 rings (SSSR count). The number of azide groups is 2. The minimum atomic E-state index is -1.93. The SMILES string of the molecule is CCN(CC)C(=O)c1ccc(N(CCl)C(=O)OC(CC#N)CCCCCN=[N+]=[N-])cc1.CCc1c2c(nc3ccc(O)cc13)-c1cc3c(c(=O)n1C2)COC(=O)[C@]3(O)CC.CCc1c2c(nc3ccc(OCN(C(=O)OC(CC#N)CCCCCN=[N+]=[N-])c4ccc(C(=O)N(CC)CC)cc4)cc13)-c1cc3c(c(=O)n1C2)COC(=O)[C@]3(O)CC. The van der Waals surface area contributed by atoms with Gasteiger partial charge in [0.1, 0.15) is 42.9 Å². The van der Waals surface area contributed by atoms with Gasteiger partial charge in [0.25, 0.3) is 22.9 Å². The number of amides is 4. The number of hydrogen-bond acceptors (Lipinski definition) is 22. The fourth-order valence-corrected chi connectivity index (χ4v) is 15.5. The Morgan fingerprint density at radius 1 is 0.580 bits per heavy atom. The van der Waals surface area contributed by atoms with Gasteiger partial charge in [-0.2, -0.15) is 10.5 Å². The number of pyridine rings is 4. The molecule has 8 heterocycles. The molecular formula is C86H97ClN16O16. The standard InChI is InChI=1S/C43H48N8O8.C22H20N2O5.C21H29ClN6O3/c1-5-31-32-22-30(17-18-36(32)47-38-33(31)24-50-37(38)23-35-34(40(50)53)25-57-41(54)43(35,56)6-2)58-26-51(28-15-13-27(14-16-28)39(52)49(7-3)8-4)42(55)59-29(19-20-44)12-10-9-11-21-46-48-45;1-3-12-13-7-11(25)5-6-17(13)23-19-14(12)9-24-18(19)8-16-15(20(24)26)10-29-21(27)22(16,28)4-2;1-3-27(4-2)20(29)17-9-11-18(12-10-17)28(16-22)21(30)31-19(13-14-23)8-6-5-7-15-25-26-24/h13-18,22-23,29,56H,5-12,19,21,24-26H2,1-4H3;5-8,25,28H,3-4,9-10H2,1-2H3;9-12,19H,3-8,13,15-16H2,1-2H3/t29?,43-;22-;/m00./s1. The van der Waals surface area contributed by atoms with Gasteiger partial charge in [-0.05, 0) is 211 Å². The Balaban J connectivity index is 0.000000208. The van der Waals surface area contributed by atoms with Crippen LogP contribution in [0.25, 0.3) is 65.5 Å². The Labute approximate surface area is 692 Å². The van der Waals surface area contributed by atoms with Crippen LogP contribution in [-0.2, 0) is 78.9 Å². The van der Waals surface area contributed by atoms with Gasteiger partial charge in [0.2, 0.25) is 0 Å². The number of nitriles is 2. The number of nitrogens with zero attached hydrogens (tertiary/aromatic N) is 16. The van der Waals surface area contributed by atoms with Crippen molar-refractivity contribution in [3.63, 3.8) is 0 Å². The van der Waals surface area contributed by atoms with E-state index in [0.717, 1.165) is 64.2 Å². The second kappa shape index (κ2) is 40.5. The number of halogens is 1. The third-order valence-corrected chi connectivity index (χ3v) is 22.3. The number of ether oxygens (including phenoxy) is 5. The Kier molecular flexibility index (Phi) is 30.2. The van der Waals surface area contributed by atoms with Crippen molar-refractivity contribution in [2.45, 2.75) is 195 Å². The molecule has 624 valence electrons. The van der Waals surface area contributed by atoms with E-state index in [1.54, 1.807) is 124 Å². The second-order valence-corrected chi connectivity index (χ2v) is 29.0. The first-order valence-electron chi connectivity index (χ1n) is 40.1. The van der Waals surface area contributed by atoms with Gasteiger partial charge in [0, 0.05) is 98.9 Å². The van der Waals surface area contributed by atoms with E-state index in [-0.39, 0.29) is 98.0 Å². The number of rotatable bonds is 32. The number of cyclic esters (lactones) is 2. The molecule has 4 aliphatic rings. The van der Waals surface area contributed by atoms with Gasteiger partial charge in [0.15, 0.2) is 17.9 Å². The average Bonchev–Trinajstić information content (AvgIpc) is 1.60. The maximum Gasteiger partial charge on any atom is 0.417 e. The van der Waals surface area contributed by atoms with Gasteiger partial charge in [-0.15, -0.1) is 11.6 Å². The Bertz CT molecular complexity index is 5450. The van der Waals surface area contributed by atoms with Crippen LogP contribution in [0.1, 0.15) is 198 Å². The zero-order chi connectivity index (χ0) is 85.8. The summed E-state index contributed by atoms with van der Waals surface area (Å²) in [6.45, 7) is 18.1. The number of phenolic OH excluding ortho intramolecular Hbond substituents is 1. The quantitative estimate of drug-likeness (QED) is 0.00406. The summed E-state index contributed by atoms with van der Waals surface area (Å²) in [7, 11) is 0. The second-order valence-electron chi connectivity index (χ2n) is 28.8. The van der Waals surface area contributed by atoms with Crippen LogP contribution < -0.4 is 25.7 Å². The molecule has 119 heavy (non-hydrogen) atoms. The van der Waals surface area contributed by atoms with E-state index >= 15 is 0 Å². The summed E-state index contributed by atoms with van der Waals surface area (Å²) in [5.41, 5.74) is 22.9. The van der Waals surface area contributed by atoms with Crippen molar-refractivity contribution < 1.29 is 67.8 Å². The summed E-state index contributed by atoms with van der Waals surface area (Å²) < 4.78 is 31.2. The summed E-state index contributed by atoms with van der Waals surface area (Å²) in [6, 6.07) is 31.0. The van der Waals surface area contributed by atoms with Gasteiger partial charge in [-0.25, -0.2) is 34.0 Å². The monoisotopic (exact) mass is 1640 g/mol. The number of hydrogen-bond donors (Lipinski definition) is 3. The van der Waals surface area contributed by atoms with Crippen molar-refractivity contribution in [2.75, 3.05) is 61.8 Å². The maximum atomic E-state index is 13.9. The number of aromatic hydroxyl groups is 1. The number of benzene rings is 4. The lowest BCUT2D eigenvalue weighted by Gasteiger charge is -2.31. The lowest BCUT2D eigenvalue weighted by molar-refractivity contribution is -0.172. The highest BCUT2D eigenvalue weighted by Crippen LogP contribution is 2.44. The Hall–Kier alpha value is -12.6. The first kappa shape index (κ1) is 88.8. The Morgan fingerprint density at radius 3 is 1.40 bits per heavy atom. The average molecular weight is 1650 g/mol. The number of aromatic nitrogens is 4. The molecule has 0 aliphatic carbocycles. The smallest absolute Gasteiger partial charge is 0.417 e. The third kappa shape index (κ3) is 19.2. The molecule has 4 aromatic heterocycles. The van der Waals surface area contributed by atoms with Crippen LogP contribution in [0.2, 0.25) is 0 Å². The van der Waals surface area contributed by atoms with E-state index in [4.69, 9.17) is 61.6 Å². The number of carbonyl (C=O) groups is 6. The molecule has 4 amide bonds. The highest BCUT2D eigenvalue weighted by molar-refractivity contribution is 6.21. The minimum Gasteiger partial charge on any atom is -0.508 e. The molecule has 0 bridgehead atoms. The number of carbonyl (C=O) groups excluding carboxylic acids is 6. The third-order valence-electron chi connectivity index (χ3n) is 22.0. The molecule has 0 spiro atoms. The zero-order valence-corrected chi connectivity index (χ0v) is 68.7. The lowest BCUT2D eigenvalue weighted by Crippen LogP contribution is -2.44. The van der Waals surface area contributed by atoms with Crippen molar-refractivity contribution >= 4 is 80.7 Å². The topological polar surface area (TPSA) is 437 Å². The molecule has 32 nitrogen and oxygen atoms in total. The highest BCUT2D eigenvalue weighted by atomic mass is 35.5. The van der Waals surface area contributed by atoms with E-state index in [1.165, 1.54) is 9.80 Å². The van der Waals surface area contributed by atoms with E-state index in [9.17, 15) is 58.9 Å². The molecule has 0 fully saturated rings. The van der Waals surface area contributed by atoms with Gasteiger partial charge in [-0.3, -0.25) is 24.1 Å². The summed E-state index contributed by atoms with van der Waals surface area (Å²) in [6.07, 6.45) is 4.23. The number of unbranched alkanes of at least 4 members (excludes halogenated alkanes) is 4. The molecule has 0 saturated carbocycles. The minimum absolute atomic E-state index is 0.0140. The fourth-order valence-electron chi connectivity index (χ4n) is 15.3. The first-order valence-corrected chi connectivity index (χ1v) is 40.6. The number of fused-ring (bicyclic) bond motifs is 10. The summed E-state index contributed by atoms with van der Waals surface area (Å²) in [5, 5.41) is 59.4. The molecule has 4 aliphatic heterocycles. The van der Waals surface area contributed by atoms with Crippen LogP contribution >= 0.6 is 11.6 Å². The van der Waals surface area contributed by atoms with E-state index in [0.29, 0.717) is 152 Å². The van der Waals surface area contributed by atoms with Gasteiger partial charge < -0.3 is 57.9 Å². The molecule has 4 atom stereocenters. The van der Waals surface area contributed by atoms with Crippen LogP contribution in [0.3, 0.4) is 0 Å². The fraction of sp³-hybridized carbons (Fsp3) is 0.442. The van der Waals surface area contributed by atoms with Crippen molar-refractivity contribution in [2.24, 2.45) is 10.2 Å². The van der Waals surface area contributed by atoms with Crippen molar-refractivity contribution in [3.8, 4) is 46.4 Å². The number of phenols is 1. The summed E-state index contributed by atoms with van der Waals surface area (Å²) in [4.78, 5) is 125. The van der Waals surface area contributed by atoms with Gasteiger partial charge in [0.05, 0.1) is 88.7 Å². The first-order chi connectivity index (χ1) is 57.4. The van der Waals surface area contributed by atoms with Crippen LogP contribution in [0.4, 0.5) is 21.0 Å². The van der Waals surface area contributed by atoms with Crippen LogP contribution in [-0.4, -0.2) is 144 Å². The number of alkyl halides is 1. The molecular weight excluding hydrogens is 1550 g/mol. The molecule has 8 aromatic rings. The summed E-state index contributed by atoms with van der Waals surface area (Å²) in [5.74, 6) is -1.13. The number of esters is 2. The molecule has 33 heteroatoms. The normalized spacial score (nSPS) is 15.3. The molecule has 0 radical (unpaired) electrons. The predicted molar refractivity (Wildman–Crippen MR) is 444 cm³/mol. The van der Waals surface area contributed by atoms with Crippen molar-refractivity contribution in [3.05, 3.63) is 194 Å². The largest absolute Gasteiger partial charge is 0.508 e. The summed E-state index contributed by atoms with van der Waals surface area (Å²) >= 11 is 5.98. The molecule has 2 unspecified atom stereocenters. The molecule has 0 saturated heterocycles. The number of aryl methyl sites for hydroxylation is 2.